The van der Waals surface area contributed by atoms with E-state index in [9.17, 15) is 9.59 Å². The lowest BCUT2D eigenvalue weighted by Crippen LogP contribution is -2.43. The van der Waals surface area contributed by atoms with Crippen LogP contribution < -0.4 is 15.5 Å². The minimum atomic E-state index is -0.449. The highest BCUT2D eigenvalue weighted by Gasteiger charge is 2.44. The van der Waals surface area contributed by atoms with E-state index in [4.69, 9.17) is 0 Å². The number of benzene rings is 2. The molecule has 198 valence electrons. The summed E-state index contributed by atoms with van der Waals surface area (Å²) in [5.41, 5.74) is 3.54. The monoisotopic (exact) mass is 515 g/mol. The third-order valence-corrected chi connectivity index (χ3v) is 7.38. The van der Waals surface area contributed by atoms with E-state index in [-0.39, 0.29) is 36.2 Å². The molecular weight excluding hydrogens is 481 g/mol. The summed E-state index contributed by atoms with van der Waals surface area (Å²) in [4.78, 5) is 34.1. The van der Waals surface area contributed by atoms with Gasteiger partial charge in [-0.25, -0.2) is 4.39 Å². The van der Waals surface area contributed by atoms with Crippen LogP contribution in [0, 0.1) is 11.7 Å². The number of nitrogens with one attached hydrogen (secondary N) is 2. The molecule has 1 aromatic heterocycles. The summed E-state index contributed by atoms with van der Waals surface area (Å²) in [6.07, 6.45) is 4.26. The highest BCUT2D eigenvalue weighted by molar-refractivity contribution is 5.95. The summed E-state index contributed by atoms with van der Waals surface area (Å²) in [6, 6.07) is 16.1. The van der Waals surface area contributed by atoms with Crippen molar-refractivity contribution in [2.45, 2.75) is 38.8 Å². The fraction of sp³-hybridized carbons (Fsp3) is 0.367. The molecule has 7 nitrogen and oxygen atoms in total. The van der Waals surface area contributed by atoms with Crippen molar-refractivity contribution < 1.29 is 14.0 Å². The first-order valence-corrected chi connectivity index (χ1v) is 13.3. The molecule has 2 heterocycles. The van der Waals surface area contributed by atoms with E-state index in [2.05, 4.69) is 20.5 Å². The van der Waals surface area contributed by atoms with Crippen LogP contribution in [0.2, 0.25) is 0 Å². The van der Waals surface area contributed by atoms with Crippen molar-refractivity contribution in [1.82, 2.24) is 15.2 Å². The normalized spacial score (nSPS) is 18.8. The summed E-state index contributed by atoms with van der Waals surface area (Å²) in [7, 11) is 0. The van der Waals surface area contributed by atoms with E-state index in [1.165, 1.54) is 6.07 Å². The van der Waals surface area contributed by atoms with Crippen LogP contribution >= 0.6 is 0 Å². The summed E-state index contributed by atoms with van der Waals surface area (Å²) >= 11 is 0. The van der Waals surface area contributed by atoms with Crippen molar-refractivity contribution in [3.63, 3.8) is 0 Å². The minimum Gasteiger partial charge on any atom is -0.369 e. The molecule has 38 heavy (non-hydrogen) atoms. The molecule has 1 aliphatic carbocycles. The molecule has 2 fully saturated rings. The Morgan fingerprint density at radius 2 is 1.89 bits per heavy atom. The Kier molecular flexibility index (Phi) is 7.69. The molecule has 2 N–H and O–H groups in total. The van der Waals surface area contributed by atoms with E-state index >= 15 is 4.39 Å². The SMILES string of the molecule is CC(C)N(Cc1ccc(NC(=O)C2CC2c2cccnc2)cc1F)C(=O)c1ccc(N2CCNCC2)cc1. The molecule has 1 aliphatic heterocycles. The summed E-state index contributed by atoms with van der Waals surface area (Å²) < 4.78 is 15.1. The van der Waals surface area contributed by atoms with E-state index in [0.29, 0.717) is 16.8 Å². The standard InChI is InChI=1S/C30H34FN5O2/c1-20(2)36(30(38)21-6-9-25(10-7-21)35-14-12-32-13-15-35)19-23-5-8-24(16-28(23)31)34-29(37)27-17-26(27)22-4-3-11-33-18-22/h3-11,16,18,20,26-27,32H,12-15,17,19H2,1-2H3,(H,34,37). The van der Waals surface area contributed by atoms with Crippen molar-refractivity contribution in [1.29, 1.82) is 0 Å². The lowest BCUT2D eigenvalue weighted by Gasteiger charge is -2.30. The predicted octanol–water partition coefficient (Wildman–Crippen LogP) is 4.42. The quantitative estimate of drug-likeness (QED) is 0.464. The van der Waals surface area contributed by atoms with Gasteiger partial charge >= 0.3 is 0 Å². The second-order valence-electron chi connectivity index (χ2n) is 10.3. The summed E-state index contributed by atoms with van der Waals surface area (Å²) in [5, 5.41) is 6.18. The molecule has 2 aliphatic rings. The molecule has 8 heteroatoms. The zero-order valence-corrected chi connectivity index (χ0v) is 21.9. The average molecular weight is 516 g/mol. The first kappa shape index (κ1) is 25.9. The smallest absolute Gasteiger partial charge is 0.254 e. The van der Waals surface area contributed by atoms with Gasteiger partial charge < -0.3 is 20.4 Å². The van der Waals surface area contributed by atoms with Crippen LogP contribution in [0.5, 0.6) is 0 Å². The Morgan fingerprint density at radius 1 is 1.13 bits per heavy atom. The van der Waals surface area contributed by atoms with Gasteiger partial charge in [0.05, 0.1) is 0 Å². The third kappa shape index (κ3) is 5.86. The topological polar surface area (TPSA) is 77.6 Å². The molecule has 5 rings (SSSR count). The van der Waals surface area contributed by atoms with Gasteiger partial charge in [-0.15, -0.1) is 0 Å². The van der Waals surface area contributed by atoms with Crippen LogP contribution in [0.1, 0.15) is 47.7 Å². The zero-order valence-electron chi connectivity index (χ0n) is 21.9. The maximum atomic E-state index is 15.1. The molecule has 2 aromatic carbocycles. The van der Waals surface area contributed by atoms with Gasteiger partial charge in [0, 0.05) is 79.6 Å². The molecule has 2 unspecified atom stereocenters. The number of carbonyl (C=O) groups excluding carboxylic acids is 2. The summed E-state index contributed by atoms with van der Waals surface area (Å²) in [6.45, 7) is 7.76. The molecule has 0 spiro atoms. The molecule has 0 bridgehead atoms. The van der Waals surface area contributed by atoms with Gasteiger partial charge in [-0.2, -0.15) is 0 Å². The fourth-order valence-electron chi connectivity index (χ4n) is 5.01. The number of nitrogens with zero attached hydrogens (tertiary/aromatic N) is 3. The first-order valence-electron chi connectivity index (χ1n) is 13.3. The van der Waals surface area contributed by atoms with Crippen LogP contribution in [0.15, 0.2) is 67.0 Å². The van der Waals surface area contributed by atoms with E-state index in [1.54, 1.807) is 29.4 Å². The number of pyridine rings is 1. The molecule has 0 radical (unpaired) electrons. The molecule has 3 aromatic rings. The number of rotatable bonds is 8. The Bertz CT molecular complexity index is 1280. The Balaban J connectivity index is 1.22. The number of carbonyl (C=O) groups is 2. The highest BCUT2D eigenvalue weighted by atomic mass is 19.1. The van der Waals surface area contributed by atoms with E-state index in [1.807, 2.05) is 50.2 Å². The van der Waals surface area contributed by atoms with Gasteiger partial charge in [-0.05, 0) is 74.2 Å². The minimum absolute atomic E-state index is 0.116. The lowest BCUT2D eigenvalue weighted by atomic mass is 10.1. The van der Waals surface area contributed by atoms with Gasteiger partial charge in [-0.1, -0.05) is 12.1 Å². The molecule has 1 saturated carbocycles. The van der Waals surface area contributed by atoms with Gasteiger partial charge in [0.2, 0.25) is 5.91 Å². The maximum Gasteiger partial charge on any atom is 0.254 e. The van der Waals surface area contributed by atoms with Crippen molar-refractivity contribution in [2.75, 3.05) is 36.4 Å². The number of amides is 2. The Hall–Kier alpha value is -3.78. The largest absolute Gasteiger partial charge is 0.369 e. The van der Waals surface area contributed by atoms with Gasteiger partial charge in [0.1, 0.15) is 5.82 Å². The van der Waals surface area contributed by atoms with Crippen molar-refractivity contribution >= 4 is 23.2 Å². The van der Waals surface area contributed by atoms with Crippen LogP contribution in [0.25, 0.3) is 0 Å². The van der Waals surface area contributed by atoms with Crippen LogP contribution in [-0.4, -0.2) is 53.9 Å². The van der Waals surface area contributed by atoms with Crippen molar-refractivity contribution in [2.24, 2.45) is 5.92 Å². The number of anilines is 2. The Labute approximate surface area is 223 Å². The second-order valence-corrected chi connectivity index (χ2v) is 10.3. The van der Waals surface area contributed by atoms with Crippen molar-refractivity contribution in [3.05, 3.63) is 89.5 Å². The van der Waals surface area contributed by atoms with E-state index < -0.39 is 5.82 Å². The average Bonchev–Trinajstić information content (AvgIpc) is 3.75. The fourth-order valence-corrected chi connectivity index (χ4v) is 5.01. The number of piperazine rings is 1. The number of aromatic nitrogens is 1. The second kappa shape index (κ2) is 11.3. The Morgan fingerprint density at radius 3 is 2.55 bits per heavy atom. The summed E-state index contributed by atoms with van der Waals surface area (Å²) in [5.74, 6) is -0.679. The van der Waals surface area contributed by atoms with E-state index in [0.717, 1.165) is 43.9 Å². The number of hydrogen-bond acceptors (Lipinski definition) is 5. The highest BCUT2D eigenvalue weighted by Crippen LogP contribution is 2.47. The van der Waals surface area contributed by atoms with Crippen LogP contribution in [-0.2, 0) is 11.3 Å². The van der Waals surface area contributed by atoms with Gasteiger partial charge in [-0.3, -0.25) is 14.6 Å². The van der Waals surface area contributed by atoms with Gasteiger partial charge in [0.25, 0.3) is 5.91 Å². The first-order chi connectivity index (χ1) is 18.4. The molecule has 2 amide bonds. The van der Waals surface area contributed by atoms with Gasteiger partial charge in [0.15, 0.2) is 0 Å². The van der Waals surface area contributed by atoms with Crippen LogP contribution in [0.3, 0.4) is 0 Å². The maximum absolute atomic E-state index is 15.1. The molecule has 2 atom stereocenters. The third-order valence-electron chi connectivity index (χ3n) is 7.38. The lowest BCUT2D eigenvalue weighted by molar-refractivity contribution is -0.117. The van der Waals surface area contributed by atoms with Crippen LogP contribution in [0.4, 0.5) is 15.8 Å². The molecule has 1 saturated heterocycles. The predicted molar refractivity (Wildman–Crippen MR) is 147 cm³/mol. The van der Waals surface area contributed by atoms with Crippen molar-refractivity contribution in [3.8, 4) is 0 Å². The zero-order chi connectivity index (χ0) is 26.6. The number of halogens is 1. The molecular formula is C30H34FN5O2. The number of hydrogen-bond donors (Lipinski definition) is 2.